The van der Waals surface area contributed by atoms with Crippen molar-refractivity contribution in [1.82, 2.24) is 15.5 Å². The summed E-state index contributed by atoms with van der Waals surface area (Å²) in [5, 5.41) is 7.52. The number of hydrogen-bond acceptors (Lipinski definition) is 4. The van der Waals surface area contributed by atoms with E-state index in [0.29, 0.717) is 11.8 Å². The number of hydrogen-bond donors (Lipinski definition) is 1. The minimum Gasteiger partial charge on any atom is -0.339 e. The lowest BCUT2D eigenvalue weighted by Crippen LogP contribution is -2.40. The average Bonchev–Trinajstić information content (AvgIpc) is 2.80. The lowest BCUT2D eigenvalue weighted by Gasteiger charge is -2.34. The normalized spacial score (nSPS) is 22.1. The van der Waals surface area contributed by atoms with Gasteiger partial charge in [-0.2, -0.15) is 4.98 Å². The monoisotopic (exact) mass is 237 g/mol. The first-order chi connectivity index (χ1) is 8.01. The number of nitrogens with zero attached hydrogens (tertiary/aromatic N) is 2. The van der Waals surface area contributed by atoms with Crippen molar-refractivity contribution < 1.29 is 4.52 Å². The van der Waals surface area contributed by atoms with Crippen molar-refractivity contribution in [2.45, 2.75) is 51.9 Å². The van der Waals surface area contributed by atoms with Crippen LogP contribution in [0, 0.1) is 5.92 Å². The van der Waals surface area contributed by atoms with Gasteiger partial charge in [-0.1, -0.05) is 32.9 Å². The van der Waals surface area contributed by atoms with Gasteiger partial charge in [0, 0.05) is 11.3 Å². The summed E-state index contributed by atoms with van der Waals surface area (Å²) in [5.74, 6) is 2.51. The summed E-state index contributed by atoms with van der Waals surface area (Å²) in [6, 6.07) is 0. The third kappa shape index (κ3) is 2.51. The van der Waals surface area contributed by atoms with Gasteiger partial charge < -0.3 is 9.84 Å². The minimum atomic E-state index is -0.0342. The summed E-state index contributed by atoms with van der Waals surface area (Å²) in [5.41, 5.74) is -0.0342. The van der Waals surface area contributed by atoms with Crippen LogP contribution in [0.15, 0.2) is 4.52 Å². The summed E-state index contributed by atoms with van der Waals surface area (Å²) in [4.78, 5) is 4.55. The molecule has 0 spiro atoms. The second-order valence-electron chi connectivity index (χ2n) is 5.88. The van der Waals surface area contributed by atoms with Crippen LogP contribution in [0.5, 0.6) is 0 Å². The largest absolute Gasteiger partial charge is 0.339 e. The van der Waals surface area contributed by atoms with Gasteiger partial charge >= 0.3 is 0 Å². The van der Waals surface area contributed by atoms with Gasteiger partial charge in [-0.15, -0.1) is 0 Å². The molecule has 1 saturated heterocycles. The Bertz CT molecular complexity index is 364. The number of aromatic nitrogens is 2. The number of rotatable bonds is 3. The maximum atomic E-state index is 5.46. The minimum absolute atomic E-state index is 0.0342. The molecule has 2 heterocycles. The predicted octanol–water partition coefficient (Wildman–Crippen LogP) is 2.47. The Kier molecular flexibility index (Phi) is 3.52. The van der Waals surface area contributed by atoms with E-state index in [-0.39, 0.29) is 5.41 Å². The Morgan fingerprint density at radius 2 is 2.18 bits per heavy atom. The van der Waals surface area contributed by atoms with E-state index >= 15 is 0 Å². The maximum absolute atomic E-state index is 5.46. The highest BCUT2D eigenvalue weighted by Gasteiger charge is 2.37. The van der Waals surface area contributed by atoms with E-state index < -0.39 is 0 Å². The fourth-order valence-corrected chi connectivity index (χ4v) is 2.37. The van der Waals surface area contributed by atoms with Crippen molar-refractivity contribution in [3.8, 4) is 0 Å². The fourth-order valence-electron chi connectivity index (χ4n) is 2.37. The van der Waals surface area contributed by atoms with E-state index in [0.717, 1.165) is 24.8 Å². The lowest BCUT2D eigenvalue weighted by atomic mass is 9.75. The van der Waals surface area contributed by atoms with Crippen molar-refractivity contribution in [2.24, 2.45) is 5.92 Å². The zero-order valence-electron chi connectivity index (χ0n) is 11.3. The molecule has 17 heavy (non-hydrogen) atoms. The molecule has 0 radical (unpaired) electrons. The molecule has 4 nitrogen and oxygen atoms in total. The molecular formula is C13H23N3O. The van der Waals surface area contributed by atoms with Gasteiger partial charge in [-0.05, 0) is 31.8 Å². The van der Waals surface area contributed by atoms with Crippen molar-refractivity contribution in [1.29, 1.82) is 0 Å². The van der Waals surface area contributed by atoms with E-state index in [1.54, 1.807) is 0 Å². The van der Waals surface area contributed by atoms with Gasteiger partial charge in [-0.3, -0.25) is 0 Å². The fraction of sp³-hybridized carbons (Fsp3) is 0.846. The molecule has 2 rings (SSSR count). The van der Waals surface area contributed by atoms with Crippen LogP contribution in [0.2, 0.25) is 0 Å². The van der Waals surface area contributed by atoms with Crippen LogP contribution in [-0.4, -0.2) is 23.2 Å². The molecule has 1 aromatic rings. The lowest BCUT2D eigenvalue weighted by molar-refractivity contribution is 0.196. The molecule has 0 bridgehead atoms. The molecule has 1 N–H and O–H groups in total. The van der Waals surface area contributed by atoms with Crippen LogP contribution in [0.3, 0.4) is 0 Å². The summed E-state index contributed by atoms with van der Waals surface area (Å²) >= 11 is 0. The molecule has 1 unspecified atom stereocenters. The Labute approximate surface area is 103 Å². The molecule has 0 aromatic carbocycles. The summed E-state index contributed by atoms with van der Waals surface area (Å²) in [7, 11) is 0. The van der Waals surface area contributed by atoms with E-state index in [4.69, 9.17) is 4.52 Å². The third-order valence-electron chi connectivity index (χ3n) is 3.83. The third-order valence-corrected chi connectivity index (χ3v) is 3.83. The quantitative estimate of drug-likeness (QED) is 0.877. The SMILES string of the molecule is CC(C)c1noc(C(C)(C)C2CCCNC2)n1. The summed E-state index contributed by atoms with van der Waals surface area (Å²) in [6.07, 6.45) is 2.47. The Balaban J connectivity index is 2.17. The smallest absolute Gasteiger partial charge is 0.232 e. The first-order valence-corrected chi connectivity index (χ1v) is 6.56. The molecule has 4 heteroatoms. The predicted molar refractivity (Wildman–Crippen MR) is 67.0 cm³/mol. The maximum Gasteiger partial charge on any atom is 0.232 e. The Morgan fingerprint density at radius 3 is 2.71 bits per heavy atom. The first kappa shape index (κ1) is 12.6. The zero-order valence-corrected chi connectivity index (χ0v) is 11.3. The van der Waals surface area contributed by atoms with Gasteiger partial charge in [0.1, 0.15) is 0 Å². The molecule has 0 aliphatic carbocycles. The van der Waals surface area contributed by atoms with Crippen molar-refractivity contribution >= 4 is 0 Å². The number of piperidine rings is 1. The first-order valence-electron chi connectivity index (χ1n) is 6.56. The highest BCUT2D eigenvalue weighted by atomic mass is 16.5. The number of nitrogens with one attached hydrogen (secondary N) is 1. The van der Waals surface area contributed by atoms with Gasteiger partial charge in [0.05, 0.1) is 0 Å². The van der Waals surface area contributed by atoms with Crippen molar-refractivity contribution in [3.05, 3.63) is 11.7 Å². The second kappa shape index (κ2) is 4.77. The molecule has 1 aliphatic rings. The van der Waals surface area contributed by atoms with E-state index in [1.807, 2.05) is 0 Å². The van der Waals surface area contributed by atoms with Crippen molar-refractivity contribution in [3.63, 3.8) is 0 Å². The highest BCUT2D eigenvalue weighted by Crippen LogP contribution is 2.34. The second-order valence-corrected chi connectivity index (χ2v) is 5.88. The van der Waals surface area contributed by atoms with Crippen LogP contribution in [0.25, 0.3) is 0 Å². The van der Waals surface area contributed by atoms with Gasteiger partial charge in [0.15, 0.2) is 5.82 Å². The van der Waals surface area contributed by atoms with E-state index in [2.05, 4.69) is 43.2 Å². The molecule has 1 fully saturated rings. The molecule has 1 atom stereocenters. The van der Waals surface area contributed by atoms with Crippen LogP contribution in [-0.2, 0) is 5.41 Å². The van der Waals surface area contributed by atoms with E-state index in [9.17, 15) is 0 Å². The summed E-state index contributed by atoms with van der Waals surface area (Å²) in [6.45, 7) is 10.8. The molecule has 0 saturated carbocycles. The van der Waals surface area contributed by atoms with E-state index in [1.165, 1.54) is 12.8 Å². The summed E-state index contributed by atoms with van der Waals surface area (Å²) < 4.78 is 5.46. The van der Waals surface area contributed by atoms with Crippen LogP contribution >= 0.6 is 0 Å². The molecular weight excluding hydrogens is 214 g/mol. The van der Waals surface area contributed by atoms with Crippen LogP contribution in [0.1, 0.15) is 58.2 Å². The van der Waals surface area contributed by atoms with Crippen LogP contribution < -0.4 is 5.32 Å². The topological polar surface area (TPSA) is 51.0 Å². The average molecular weight is 237 g/mol. The Hall–Kier alpha value is -0.900. The van der Waals surface area contributed by atoms with Crippen LogP contribution in [0.4, 0.5) is 0 Å². The van der Waals surface area contributed by atoms with Gasteiger partial charge in [-0.25, -0.2) is 0 Å². The molecule has 96 valence electrons. The van der Waals surface area contributed by atoms with Crippen molar-refractivity contribution in [2.75, 3.05) is 13.1 Å². The molecule has 0 amide bonds. The standard InChI is InChI=1S/C13H23N3O/c1-9(2)11-15-12(17-16-11)13(3,4)10-6-5-7-14-8-10/h9-10,14H,5-8H2,1-4H3. The van der Waals surface area contributed by atoms with Gasteiger partial charge in [0.25, 0.3) is 0 Å². The molecule has 1 aliphatic heterocycles. The molecule has 1 aromatic heterocycles. The zero-order chi connectivity index (χ0) is 12.5. The highest BCUT2D eigenvalue weighted by molar-refractivity contribution is 5.06. The Morgan fingerprint density at radius 1 is 1.41 bits per heavy atom. The van der Waals surface area contributed by atoms with Gasteiger partial charge in [0.2, 0.25) is 5.89 Å².